The first-order chi connectivity index (χ1) is 10.00. The van der Waals surface area contributed by atoms with Gasteiger partial charge in [-0.2, -0.15) is 4.31 Å². The Hall–Kier alpha value is -1.02. The number of fused-ring (bicyclic) bond motifs is 1. The zero-order valence-corrected chi connectivity index (χ0v) is 14.0. The summed E-state index contributed by atoms with van der Waals surface area (Å²) in [6.45, 7) is 2.51. The van der Waals surface area contributed by atoms with Crippen LogP contribution in [0.2, 0.25) is 0 Å². The van der Waals surface area contributed by atoms with E-state index in [9.17, 15) is 8.42 Å². The molecule has 2 N–H and O–H groups in total. The van der Waals surface area contributed by atoms with Crippen LogP contribution >= 0.6 is 12.4 Å². The number of rotatable bonds is 3. The molecule has 0 amide bonds. The number of halogens is 1. The Bertz CT molecular complexity index is 636. The lowest BCUT2D eigenvalue weighted by molar-refractivity contribution is 0.174. The average Bonchev–Trinajstić information content (AvgIpc) is 2.94. The third-order valence-electron chi connectivity index (χ3n) is 4.06. The van der Waals surface area contributed by atoms with Gasteiger partial charge in [-0.15, -0.1) is 12.4 Å². The summed E-state index contributed by atoms with van der Waals surface area (Å²) in [5.41, 5.74) is 5.97. The van der Waals surface area contributed by atoms with Crippen molar-refractivity contribution in [3.8, 4) is 11.5 Å². The van der Waals surface area contributed by atoms with E-state index < -0.39 is 10.0 Å². The molecule has 0 bridgehead atoms. The predicted octanol–water partition coefficient (Wildman–Crippen LogP) is 1.73. The number of hydrogen-bond donors (Lipinski definition) is 1. The van der Waals surface area contributed by atoms with Gasteiger partial charge in [-0.1, -0.05) is 6.42 Å². The van der Waals surface area contributed by atoms with Gasteiger partial charge in [-0.05, 0) is 31.9 Å². The Balaban J connectivity index is 0.00000176. The van der Waals surface area contributed by atoms with E-state index in [0.717, 1.165) is 19.3 Å². The monoisotopic (exact) mass is 348 g/mol. The number of ether oxygens (including phenoxy) is 2. The van der Waals surface area contributed by atoms with Crippen LogP contribution in [0.1, 0.15) is 26.2 Å². The highest BCUT2D eigenvalue weighted by Crippen LogP contribution is 2.35. The van der Waals surface area contributed by atoms with Gasteiger partial charge >= 0.3 is 0 Å². The molecule has 2 atom stereocenters. The summed E-state index contributed by atoms with van der Waals surface area (Å²) in [6.07, 6.45) is 2.69. The predicted molar refractivity (Wildman–Crippen MR) is 85.0 cm³/mol. The van der Waals surface area contributed by atoms with Crippen LogP contribution in [-0.4, -0.2) is 38.1 Å². The van der Waals surface area contributed by atoms with Crippen molar-refractivity contribution in [1.82, 2.24) is 4.31 Å². The minimum atomic E-state index is -3.56. The van der Waals surface area contributed by atoms with Gasteiger partial charge in [0, 0.05) is 24.7 Å². The smallest absolute Gasteiger partial charge is 0.243 e. The molecule has 22 heavy (non-hydrogen) atoms. The van der Waals surface area contributed by atoms with Crippen molar-refractivity contribution >= 4 is 22.4 Å². The molecule has 2 heterocycles. The van der Waals surface area contributed by atoms with E-state index in [1.54, 1.807) is 16.4 Å². The van der Waals surface area contributed by atoms with Crippen LogP contribution < -0.4 is 15.2 Å². The van der Waals surface area contributed by atoms with Crippen LogP contribution in [0, 0.1) is 0 Å². The first-order valence-electron chi connectivity index (χ1n) is 7.17. The van der Waals surface area contributed by atoms with Gasteiger partial charge < -0.3 is 15.2 Å². The molecule has 124 valence electrons. The Labute approximate surface area is 137 Å². The number of benzene rings is 1. The second-order valence-electron chi connectivity index (χ2n) is 5.55. The van der Waals surface area contributed by atoms with Crippen LogP contribution in [0.5, 0.6) is 11.5 Å². The minimum absolute atomic E-state index is 0. The Morgan fingerprint density at radius 1 is 1.27 bits per heavy atom. The molecule has 1 fully saturated rings. The molecular formula is C14H21ClN2O4S. The first kappa shape index (κ1) is 17.3. The number of nitrogens with two attached hydrogens (primary N) is 1. The van der Waals surface area contributed by atoms with Crippen molar-refractivity contribution in [2.24, 2.45) is 5.73 Å². The van der Waals surface area contributed by atoms with Gasteiger partial charge in [0.15, 0.2) is 11.5 Å². The molecule has 0 aliphatic carbocycles. The summed E-state index contributed by atoms with van der Waals surface area (Å²) in [4.78, 5) is 0.235. The summed E-state index contributed by atoms with van der Waals surface area (Å²) in [7, 11) is -3.56. The van der Waals surface area contributed by atoms with E-state index in [2.05, 4.69) is 0 Å². The molecule has 1 aromatic rings. The topological polar surface area (TPSA) is 81.9 Å². The third kappa shape index (κ3) is 3.03. The van der Waals surface area contributed by atoms with Crippen LogP contribution in [-0.2, 0) is 10.0 Å². The van der Waals surface area contributed by atoms with Crippen molar-refractivity contribution in [3.05, 3.63) is 18.2 Å². The van der Waals surface area contributed by atoms with E-state index in [-0.39, 0.29) is 36.2 Å². The second kappa shape index (κ2) is 6.62. The summed E-state index contributed by atoms with van der Waals surface area (Å²) in [6, 6.07) is 4.41. The Morgan fingerprint density at radius 3 is 2.73 bits per heavy atom. The van der Waals surface area contributed by atoms with Crippen LogP contribution in [0.25, 0.3) is 0 Å². The van der Waals surface area contributed by atoms with Gasteiger partial charge in [0.25, 0.3) is 0 Å². The number of nitrogens with zero attached hydrogens (tertiary/aromatic N) is 1. The van der Waals surface area contributed by atoms with E-state index in [4.69, 9.17) is 15.2 Å². The fourth-order valence-corrected chi connectivity index (χ4v) is 4.72. The molecule has 0 saturated carbocycles. The molecule has 3 rings (SSSR count). The van der Waals surface area contributed by atoms with E-state index in [1.165, 1.54) is 6.07 Å². The number of piperidine rings is 1. The molecule has 2 unspecified atom stereocenters. The molecule has 2 aliphatic rings. The zero-order chi connectivity index (χ0) is 15.0. The molecule has 8 heteroatoms. The molecule has 0 aromatic heterocycles. The summed E-state index contributed by atoms with van der Waals surface area (Å²) >= 11 is 0. The number of hydrogen-bond acceptors (Lipinski definition) is 5. The zero-order valence-electron chi connectivity index (χ0n) is 12.4. The van der Waals surface area contributed by atoms with Gasteiger partial charge in [0.2, 0.25) is 16.8 Å². The highest BCUT2D eigenvalue weighted by atomic mass is 35.5. The van der Waals surface area contributed by atoms with Gasteiger partial charge in [0.1, 0.15) is 0 Å². The minimum Gasteiger partial charge on any atom is -0.454 e. The lowest BCUT2D eigenvalue weighted by Gasteiger charge is -2.36. The molecule has 0 spiro atoms. The average molecular weight is 349 g/mol. The van der Waals surface area contributed by atoms with Gasteiger partial charge in [-0.3, -0.25) is 0 Å². The quantitative estimate of drug-likeness (QED) is 0.899. The third-order valence-corrected chi connectivity index (χ3v) is 5.98. The fraction of sp³-hybridized carbons (Fsp3) is 0.571. The summed E-state index contributed by atoms with van der Waals surface area (Å²) in [5.74, 6) is 1.06. The van der Waals surface area contributed by atoms with E-state index in [0.29, 0.717) is 18.0 Å². The highest BCUT2D eigenvalue weighted by Gasteiger charge is 2.35. The van der Waals surface area contributed by atoms with E-state index >= 15 is 0 Å². The highest BCUT2D eigenvalue weighted by molar-refractivity contribution is 7.89. The molecule has 0 radical (unpaired) electrons. The lowest BCUT2D eigenvalue weighted by atomic mass is 10.00. The fourth-order valence-electron chi connectivity index (χ4n) is 2.93. The van der Waals surface area contributed by atoms with Crippen LogP contribution in [0.3, 0.4) is 0 Å². The normalized spacial score (nSPS) is 22.9. The van der Waals surface area contributed by atoms with Crippen LogP contribution in [0.4, 0.5) is 0 Å². The Morgan fingerprint density at radius 2 is 2.00 bits per heavy atom. The standard InChI is InChI=1S/C14H20N2O4S.ClH/c1-10(15)12-4-2-3-7-16(12)21(17,18)11-5-6-13-14(8-11)20-9-19-13;/h5-6,8,10,12H,2-4,7,9,15H2,1H3;1H. The van der Waals surface area contributed by atoms with Crippen molar-refractivity contribution < 1.29 is 17.9 Å². The van der Waals surface area contributed by atoms with Crippen molar-refractivity contribution in [3.63, 3.8) is 0 Å². The van der Waals surface area contributed by atoms with Gasteiger partial charge in [0.05, 0.1) is 4.90 Å². The lowest BCUT2D eigenvalue weighted by Crippen LogP contribution is -2.51. The second-order valence-corrected chi connectivity index (χ2v) is 7.44. The van der Waals surface area contributed by atoms with Crippen LogP contribution in [0.15, 0.2) is 23.1 Å². The summed E-state index contributed by atoms with van der Waals surface area (Å²) < 4.78 is 37.8. The maximum Gasteiger partial charge on any atom is 0.243 e. The largest absolute Gasteiger partial charge is 0.454 e. The first-order valence-corrected chi connectivity index (χ1v) is 8.61. The number of sulfonamides is 1. The van der Waals surface area contributed by atoms with E-state index in [1.807, 2.05) is 6.92 Å². The molecule has 2 aliphatic heterocycles. The van der Waals surface area contributed by atoms with Crippen molar-refractivity contribution in [2.75, 3.05) is 13.3 Å². The Kier molecular flexibility index (Phi) is 5.21. The maximum absolute atomic E-state index is 12.9. The molecule has 6 nitrogen and oxygen atoms in total. The molecule has 1 saturated heterocycles. The summed E-state index contributed by atoms with van der Waals surface area (Å²) in [5, 5.41) is 0. The molecule has 1 aromatic carbocycles. The maximum atomic E-state index is 12.9. The SMILES string of the molecule is CC(N)C1CCCCN1S(=O)(=O)c1ccc2c(c1)OCO2.Cl. The van der Waals surface area contributed by atoms with Gasteiger partial charge in [-0.25, -0.2) is 8.42 Å². The van der Waals surface area contributed by atoms with Crippen molar-refractivity contribution in [1.29, 1.82) is 0 Å². The van der Waals surface area contributed by atoms with Crippen molar-refractivity contribution in [2.45, 2.75) is 43.2 Å². The molecular weight excluding hydrogens is 328 g/mol.